The Morgan fingerprint density at radius 3 is 2.05 bits per heavy atom. The number of aromatic nitrogens is 6. The zero-order chi connectivity index (χ0) is 51.5. The van der Waals surface area contributed by atoms with Crippen molar-refractivity contribution in [3.05, 3.63) is 82.1 Å². The van der Waals surface area contributed by atoms with E-state index >= 15 is 0 Å². The number of benzene rings is 2. The molecule has 5 aliphatic rings. The predicted octanol–water partition coefficient (Wildman–Crippen LogP) is 9.70. The number of fused-ring (bicyclic) bond motifs is 5. The molecule has 6 aromatic rings. The summed E-state index contributed by atoms with van der Waals surface area (Å²) in [4.78, 5) is 79.8. The number of ether oxygens (including phenoxy) is 4. The number of rotatable bonds is 12. The van der Waals surface area contributed by atoms with Gasteiger partial charge in [0.2, 0.25) is 18.0 Å². The Bertz CT molecular complexity index is 3090. The van der Waals surface area contributed by atoms with Gasteiger partial charge in [-0.15, -0.1) is 11.3 Å². The standard InChI is InChI=1S/C55H66N10O8S/c1-28(2)46(61-54(68)70-6)51(66)63-17-9-13-40(63)49-57-26-38(60-49)34-19-29(3)45-42-23-35-22-33(15-16-39(35)65(42)53(73-43(45)24-34)44-27-58-50(74-44)32-11-8-12-32)37-25-56-48(59-37)41-14-10-18-64(41)52(67)47(62-55(69)71-7)36-20-30(4)72-31(5)21-36/h15-16,19,22-28,30-32,36,40-41,46-47,53H,8-14,17-18,20-21H2,1-7H3,(H,56,59)(H,57,60)(H,61,68)(H,62,69)/t30-,31-,40+,41+,46+,47?,53?/m1/s1. The van der Waals surface area contributed by atoms with E-state index in [0.29, 0.717) is 43.5 Å². The Morgan fingerprint density at radius 1 is 0.770 bits per heavy atom. The summed E-state index contributed by atoms with van der Waals surface area (Å²) >= 11 is 1.73. The Hall–Kier alpha value is -6.73. The Kier molecular flexibility index (Phi) is 13.5. The van der Waals surface area contributed by atoms with Crippen LogP contribution in [-0.4, -0.2) is 115 Å². The van der Waals surface area contributed by atoms with Gasteiger partial charge < -0.3 is 49.3 Å². The molecule has 4 N–H and O–H groups in total. The molecule has 2 unspecified atom stereocenters. The molecule has 3 saturated heterocycles. The Balaban J connectivity index is 0.897. The summed E-state index contributed by atoms with van der Waals surface area (Å²) in [6, 6.07) is 10.9. The molecule has 8 heterocycles. The SMILES string of the molecule is COC(=O)NC(C(=O)N1CCC[C@H]1c1ncc(-c2ccc3c(c2)cc2n3C(c3cnc(C4CCC4)s3)Oc3cc(-c4cnc([C@@H]5CCCN5C(=O)[C@@H](NC(=O)OC)C(C)C)[nH]4)cc(C)c3-2)[nH]1)C1C[C@@H](C)O[C@H](C)C1. The molecule has 2 aromatic carbocycles. The molecular weight excluding hydrogens is 961 g/mol. The molecule has 390 valence electrons. The predicted molar refractivity (Wildman–Crippen MR) is 278 cm³/mol. The van der Waals surface area contributed by atoms with Crippen LogP contribution in [0, 0.1) is 18.8 Å². The summed E-state index contributed by atoms with van der Waals surface area (Å²) in [5.74, 6) is 2.11. The Morgan fingerprint density at radius 2 is 1.42 bits per heavy atom. The van der Waals surface area contributed by atoms with Crippen LogP contribution in [-0.2, 0) is 23.8 Å². The van der Waals surface area contributed by atoms with Crippen molar-refractivity contribution in [1.82, 2.24) is 49.9 Å². The summed E-state index contributed by atoms with van der Waals surface area (Å²) in [5.41, 5.74) is 7.59. The van der Waals surface area contributed by atoms with Crippen LogP contribution < -0.4 is 15.4 Å². The largest absolute Gasteiger partial charge is 0.464 e. The van der Waals surface area contributed by atoms with Gasteiger partial charge in [-0.1, -0.05) is 26.3 Å². The molecule has 1 aliphatic carbocycles. The molecule has 18 nitrogen and oxygen atoms in total. The number of alkyl carbamates (subject to hydrolysis) is 2. The summed E-state index contributed by atoms with van der Waals surface area (Å²) in [7, 11) is 2.61. The van der Waals surface area contributed by atoms with Crippen molar-refractivity contribution in [1.29, 1.82) is 0 Å². The number of imidazole rings is 2. The van der Waals surface area contributed by atoms with Gasteiger partial charge >= 0.3 is 12.2 Å². The van der Waals surface area contributed by atoms with Crippen LogP contribution in [0.1, 0.15) is 137 Å². The lowest BCUT2D eigenvalue weighted by atomic mass is 9.85. The first-order valence-electron chi connectivity index (χ1n) is 26.2. The van der Waals surface area contributed by atoms with Gasteiger partial charge in [0.1, 0.15) is 29.5 Å². The fourth-order valence-corrected chi connectivity index (χ4v) is 13.2. The number of thiazole rings is 1. The average molecular weight is 1030 g/mol. The van der Waals surface area contributed by atoms with Crippen molar-refractivity contribution in [2.24, 2.45) is 11.8 Å². The van der Waals surface area contributed by atoms with E-state index in [9.17, 15) is 19.2 Å². The van der Waals surface area contributed by atoms with Gasteiger partial charge in [-0.2, -0.15) is 0 Å². The highest BCUT2D eigenvalue weighted by Gasteiger charge is 2.43. The monoisotopic (exact) mass is 1030 g/mol. The first kappa shape index (κ1) is 49.5. The minimum absolute atomic E-state index is 0.0339. The number of nitrogens with zero attached hydrogens (tertiary/aromatic N) is 6. The number of carbonyl (C=O) groups excluding carboxylic acids is 4. The molecule has 74 heavy (non-hydrogen) atoms. The lowest BCUT2D eigenvalue weighted by Gasteiger charge is -2.38. The second-order valence-electron chi connectivity index (χ2n) is 21.2. The molecule has 7 atom stereocenters. The number of aromatic amines is 2. The van der Waals surface area contributed by atoms with Gasteiger partial charge in [-0.3, -0.25) is 14.2 Å². The molecular formula is C55H66N10O8S. The number of carbonyl (C=O) groups is 4. The molecule has 0 bridgehead atoms. The van der Waals surface area contributed by atoms with E-state index in [-0.39, 0.29) is 47.9 Å². The van der Waals surface area contributed by atoms with Crippen LogP contribution in [0.4, 0.5) is 9.59 Å². The maximum Gasteiger partial charge on any atom is 0.407 e. The summed E-state index contributed by atoms with van der Waals surface area (Å²) in [5, 5.41) is 7.81. The van der Waals surface area contributed by atoms with E-state index < -0.39 is 30.5 Å². The van der Waals surface area contributed by atoms with E-state index in [1.54, 1.807) is 11.3 Å². The third-order valence-electron chi connectivity index (χ3n) is 15.9. The zero-order valence-corrected chi connectivity index (χ0v) is 43.9. The molecule has 19 heteroatoms. The summed E-state index contributed by atoms with van der Waals surface area (Å²) in [6.45, 7) is 11.1. The van der Waals surface area contributed by atoms with Crippen molar-refractivity contribution < 1.29 is 38.1 Å². The highest BCUT2D eigenvalue weighted by Crippen LogP contribution is 2.50. The van der Waals surface area contributed by atoms with Crippen molar-refractivity contribution in [2.45, 2.75) is 141 Å². The number of hydrogen-bond donors (Lipinski definition) is 4. The van der Waals surface area contributed by atoms with Gasteiger partial charge in [0.15, 0.2) is 0 Å². The number of likely N-dealkylation sites (tertiary alicyclic amines) is 2. The van der Waals surface area contributed by atoms with Gasteiger partial charge in [-0.25, -0.2) is 24.5 Å². The highest BCUT2D eigenvalue weighted by molar-refractivity contribution is 7.11. The fourth-order valence-electron chi connectivity index (χ4n) is 12.1. The molecule has 4 fully saturated rings. The van der Waals surface area contributed by atoms with Gasteiger partial charge in [0, 0.05) is 47.3 Å². The lowest BCUT2D eigenvalue weighted by Crippen LogP contribution is -2.54. The molecule has 4 amide bonds. The van der Waals surface area contributed by atoms with Gasteiger partial charge in [0.05, 0.1) is 83.4 Å². The van der Waals surface area contributed by atoms with Crippen LogP contribution in [0.15, 0.2) is 55.0 Å². The molecule has 4 aliphatic heterocycles. The maximum atomic E-state index is 14.5. The molecule has 11 rings (SSSR count). The topological polar surface area (TPSA) is 211 Å². The van der Waals surface area contributed by atoms with Crippen LogP contribution in [0.5, 0.6) is 5.75 Å². The van der Waals surface area contributed by atoms with Crippen molar-refractivity contribution in [3.63, 3.8) is 0 Å². The maximum absolute atomic E-state index is 14.5. The van der Waals surface area contributed by atoms with Gasteiger partial charge in [-0.05, 0) is 120 Å². The quantitative estimate of drug-likeness (QED) is 0.0906. The van der Waals surface area contributed by atoms with E-state index in [1.165, 1.54) is 20.6 Å². The van der Waals surface area contributed by atoms with Crippen LogP contribution >= 0.6 is 11.3 Å². The zero-order valence-electron chi connectivity index (χ0n) is 43.1. The highest BCUT2D eigenvalue weighted by atomic mass is 32.1. The number of aryl methyl sites for hydroxylation is 1. The van der Waals surface area contributed by atoms with E-state index in [2.05, 4.69) is 68.5 Å². The second-order valence-corrected chi connectivity index (χ2v) is 22.3. The van der Waals surface area contributed by atoms with E-state index in [0.717, 1.165) is 104 Å². The van der Waals surface area contributed by atoms with Crippen molar-refractivity contribution in [3.8, 4) is 39.5 Å². The van der Waals surface area contributed by atoms with Crippen LogP contribution in [0.3, 0.4) is 0 Å². The van der Waals surface area contributed by atoms with E-state index in [1.807, 2.05) is 56.1 Å². The Labute approximate surface area is 434 Å². The minimum atomic E-state index is -0.745. The third-order valence-corrected chi connectivity index (χ3v) is 17.1. The number of nitrogens with one attached hydrogen (secondary N) is 4. The molecule has 0 spiro atoms. The van der Waals surface area contributed by atoms with Crippen LogP contribution in [0.2, 0.25) is 0 Å². The van der Waals surface area contributed by atoms with E-state index in [4.69, 9.17) is 33.9 Å². The van der Waals surface area contributed by atoms with Crippen molar-refractivity contribution >= 4 is 46.2 Å². The van der Waals surface area contributed by atoms with Gasteiger partial charge in [0.25, 0.3) is 0 Å². The number of hydrogen-bond acceptors (Lipinski definition) is 12. The lowest BCUT2D eigenvalue weighted by molar-refractivity contribution is -0.138. The minimum Gasteiger partial charge on any atom is -0.464 e. The first-order chi connectivity index (χ1) is 35.8. The number of H-pyrrole nitrogens is 2. The molecule has 4 aromatic heterocycles. The fraction of sp³-hybridized carbons (Fsp3) is 0.509. The number of amides is 4. The molecule has 1 saturated carbocycles. The average Bonchev–Trinajstić information content (AvgIpc) is 4.24. The molecule has 0 radical (unpaired) electrons. The normalized spacial score (nSPS) is 23.5. The second kappa shape index (κ2) is 20.2. The smallest absolute Gasteiger partial charge is 0.407 e. The third kappa shape index (κ3) is 9.19. The van der Waals surface area contributed by atoms with Crippen LogP contribution in [0.25, 0.3) is 44.7 Å². The van der Waals surface area contributed by atoms with Crippen molar-refractivity contribution in [2.75, 3.05) is 27.3 Å². The summed E-state index contributed by atoms with van der Waals surface area (Å²) in [6.07, 6.45) is 11.8. The first-order valence-corrected chi connectivity index (χ1v) is 27.1. The number of methoxy groups -OCH3 is 2. The summed E-state index contributed by atoms with van der Waals surface area (Å²) < 4.78 is 25.3.